The largest absolute Gasteiger partial charge is 0.490 e. The smallest absolute Gasteiger partial charge is 0.255 e. The monoisotopic (exact) mass is 345 g/mol. The minimum absolute atomic E-state index is 0.262. The quantitative estimate of drug-likeness (QED) is 0.729. The lowest BCUT2D eigenvalue weighted by molar-refractivity contribution is 0.102. The third kappa shape index (κ3) is 4.30. The molecule has 0 heterocycles. The molecule has 1 N–H and O–H groups in total. The number of nitrogens with one attached hydrogen (secondary N) is 1. The molecule has 0 fully saturated rings. The summed E-state index contributed by atoms with van der Waals surface area (Å²) < 4.78 is 11.1. The Kier molecular flexibility index (Phi) is 6.27. The van der Waals surface area contributed by atoms with Crippen LogP contribution in [0, 0.1) is 6.92 Å². The van der Waals surface area contributed by atoms with Gasteiger partial charge in [-0.25, -0.2) is 0 Å². The van der Waals surface area contributed by atoms with E-state index >= 15 is 0 Å². The van der Waals surface area contributed by atoms with Gasteiger partial charge in [-0.2, -0.15) is 0 Å². The highest BCUT2D eigenvalue weighted by Crippen LogP contribution is 2.30. The van der Waals surface area contributed by atoms with Gasteiger partial charge in [0.25, 0.3) is 5.91 Å². The zero-order chi connectivity index (χ0) is 17.5. The molecule has 0 aliphatic rings. The molecule has 2 rings (SSSR count). The van der Waals surface area contributed by atoms with Crippen molar-refractivity contribution in [3.8, 4) is 11.5 Å². The Bertz CT molecular complexity index is 723. The number of halogens is 1. The van der Waals surface area contributed by atoms with Crippen LogP contribution in [0.2, 0.25) is 5.02 Å². The van der Waals surface area contributed by atoms with Crippen molar-refractivity contribution in [1.29, 1.82) is 0 Å². The van der Waals surface area contributed by atoms with Crippen LogP contribution in [-0.2, 0) is 0 Å². The van der Waals surface area contributed by atoms with Crippen molar-refractivity contribution in [2.75, 3.05) is 18.5 Å². The molecular formula is C19H20ClNO3. The third-order valence-corrected chi connectivity index (χ3v) is 3.64. The Morgan fingerprint density at radius 3 is 2.71 bits per heavy atom. The molecule has 0 aromatic heterocycles. The Morgan fingerprint density at radius 1 is 1.25 bits per heavy atom. The average Bonchev–Trinajstić information content (AvgIpc) is 2.57. The number of ether oxygens (including phenoxy) is 2. The SMILES string of the molecule is C=CCOc1ccc(C(=O)Nc2c(C)cccc2Cl)cc1OCC. The molecule has 0 spiro atoms. The highest BCUT2D eigenvalue weighted by molar-refractivity contribution is 6.34. The molecular weight excluding hydrogens is 326 g/mol. The molecule has 0 aliphatic heterocycles. The molecule has 0 saturated carbocycles. The van der Waals surface area contributed by atoms with Crippen LogP contribution < -0.4 is 14.8 Å². The predicted octanol–water partition coefficient (Wildman–Crippen LogP) is 4.86. The molecule has 126 valence electrons. The second-order valence-corrected chi connectivity index (χ2v) is 5.49. The van der Waals surface area contributed by atoms with E-state index in [1.807, 2.05) is 26.0 Å². The number of hydrogen-bond acceptors (Lipinski definition) is 3. The van der Waals surface area contributed by atoms with E-state index in [0.717, 1.165) is 5.56 Å². The molecule has 0 atom stereocenters. The molecule has 0 aliphatic carbocycles. The van der Waals surface area contributed by atoms with Crippen molar-refractivity contribution in [3.63, 3.8) is 0 Å². The van der Waals surface area contributed by atoms with Gasteiger partial charge in [-0.05, 0) is 43.7 Å². The van der Waals surface area contributed by atoms with E-state index in [2.05, 4.69) is 11.9 Å². The van der Waals surface area contributed by atoms with Gasteiger partial charge in [-0.1, -0.05) is 36.4 Å². The number of rotatable bonds is 7. The summed E-state index contributed by atoms with van der Waals surface area (Å²) in [5.41, 5.74) is 1.96. The number of hydrogen-bond donors (Lipinski definition) is 1. The van der Waals surface area contributed by atoms with Gasteiger partial charge < -0.3 is 14.8 Å². The molecule has 24 heavy (non-hydrogen) atoms. The second-order valence-electron chi connectivity index (χ2n) is 5.08. The molecule has 4 nitrogen and oxygen atoms in total. The predicted molar refractivity (Wildman–Crippen MR) is 97.4 cm³/mol. The van der Waals surface area contributed by atoms with Crippen LogP contribution in [0.25, 0.3) is 0 Å². The summed E-state index contributed by atoms with van der Waals surface area (Å²) in [6.45, 7) is 8.22. The highest BCUT2D eigenvalue weighted by Gasteiger charge is 2.14. The minimum Gasteiger partial charge on any atom is -0.490 e. The fourth-order valence-electron chi connectivity index (χ4n) is 2.16. The van der Waals surface area contributed by atoms with Crippen LogP contribution in [0.4, 0.5) is 5.69 Å². The summed E-state index contributed by atoms with van der Waals surface area (Å²) in [7, 11) is 0. The number of amides is 1. The van der Waals surface area contributed by atoms with Gasteiger partial charge in [0.15, 0.2) is 11.5 Å². The van der Waals surface area contributed by atoms with Crippen LogP contribution in [0.15, 0.2) is 49.1 Å². The molecule has 0 radical (unpaired) electrons. The minimum atomic E-state index is -0.262. The summed E-state index contributed by atoms with van der Waals surface area (Å²) in [5, 5.41) is 3.34. The Labute approximate surface area is 147 Å². The molecule has 5 heteroatoms. The van der Waals surface area contributed by atoms with Crippen molar-refractivity contribution in [1.82, 2.24) is 0 Å². The van der Waals surface area contributed by atoms with Gasteiger partial charge >= 0.3 is 0 Å². The van der Waals surface area contributed by atoms with E-state index in [0.29, 0.717) is 41.0 Å². The molecule has 2 aromatic rings. The van der Waals surface area contributed by atoms with Crippen LogP contribution in [0.1, 0.15) is 22.8 Å². The fraction of sp³-hybridized carbons (Fsp3) is 0.211. The van der Waals surface area contributed by atoms with Crippen molar-refractivity contribution >= 4 is 23.2 Å². The van der Waals surface area contributed by atoms with Gasteiger partial charge in [-0.3, -0.25) is 4.79 Å². The van der Waals surface area contributed by atoms with Crippen LogP contribution in [0.5, 0.6) is 11.5 Å². The van der Waals surface area contributed by atoms with Crippen molar-refractivity contribution in [2.45, 2.75) is 13.8 Å². The van der Waals surface area contributed by atoms with E-state index in [-0.39, 0.29) is 5.91 Å². The molecule has 2 aromatic carbocycles. The second kappa shape index (κ2) is 8.41. The van der Waals surface area contributed by atoms with Crippen LogP contribution >= 0.6 is 11.6 Å². The zero-order valence-corrected chi connectivity index (χ0v) is 14.5. The average molecular weight is 346 g/mol. The van der Waals surface area contributed by atoms with Crippen molar-refractivity contribution in [2.24, 2.45) is 0 Å². The Hall–Kier alpha value is -2.46. The van der Waals surface area contributed by atoms with Gasteiger partial charge in [0.1, 0.15) is 6.61 Å². The lowest BCUT2D eigenvalue weighted by Crippen LogP contribution is -2.13. The van der Waals surface area contributed by atoms with Crippen LogP contribution in [-0.4, -0.2) is 19.1 Å². The van der Waals surface area contributed by atoms with Gasteiger partial charge in [0, 0.05) is 5.56 Å². The summed E-state index contributed by atoms with van der Waals surface area (Å²) in [5.74, 6) is 0.826. The van der Waals surface area contributed by atoms with E-state index in [1.54, 1.807) is 30.3 Å². The maximum Gasteiger partial charge on any atom is 0.255 e. The first kappa shape index (κ1) is 17.9. The fourth-order valence-corrected chi connectivity index (χ4v) is 2.43. The van der Waals surface area contributed by atoms with Gasteiger partial charge in [0.05, 0.1) is 17.3 Å². The highest BCUT2D eigenvalue weighted by atomic mass is 35.5. The van der Waals surface area contributed by atoms with E-state index < -0.39 is 0 Å². The third-order valence-electron chi connectivity index (χ3n) is 3.32. The van der Waals surface area contributed by atoms with E-state index in [1.165, 1.54) is 0 Å². The standard InChI is InChI=1S/C19H20ClNO3/c1-4-11-24-16-10-9-14(12-17(16)23-5-2)19(22)21-18-13(3)7-6-8-15(18)20/h4,6-10,12H,1,5,11H2,2-3H3,(H,21,22). The number of carbonyl (C=O) groups excluding carboxylic acids is 1. The van der Waals surface area contributed by atoms with Gasteiger partial charge in [0.2, 0.25) is 0 Å². The summed E-state index contributed by atoms with van der Waals surface area (Å²) >= 11 is 6.16. The summed E-state index contributed by atoms with van der Waals surface area (Å²) in [6.07, 6.45) is 1.65. The van der Waals surface area contributed by atoms with E-state index in [4.69, 9.17) is 21.1 Å². The van der Waals surface area contributed by atoms with E-state index in [9.17, 15) is 4.79 Å². The lowest BCUT2D eigenvalue weighted by atomic mass is 10.1. The summed E-state index contributed by atoms with van der Waals surface area (Å²) in [4.78, 5) is 12.5. The topological polar surface area (TPSA) is 47.6 Å². The van der Waals surface area contributed by atoms with Crippen LogP contribution in [0.3, 0.4) is 0 Å². The molecule has 0 bridgehead atoms. The van der Waals surface area contributed by atoms with Crippen molar-refractivity contribution in [3.05, 3.63) is 65.2 Å². The molecule has 0 saturated heterocycles. The van der Waals surface area contributed by atoms with Gasteiger partial charge in [-0.15, -0.1) is 0 Å². The first-order chi connectivity index (χ1) is 11.6. The maximum absolute atomic E-state index is 12.5. The number of benzene rings is 2. The number of anilines is 1. The number of para-hydroxylation sites is 1. The Balaban J connectivity index is 2.25. The molecule has 1 amide bonds. The number of aryl methyl sites for hydroxylation is 1. The molecule has 0 unspecified atom stereocenters. The summed E-state index contributed by atoms with van der Waals surface area (Å²) in [6, 6.07) is 10.5. The zero-order valence-electron chi connectivity index (χ0n) is 13.8. The maximum atomic E-state index is 12.5. The Morgan fingerprint density at radius 2 is 2.04 bits per heavy atom. The first-order valence-corrected chi connectivity index (χ1v) is 8.01. The normalized spacial score (nSPS) is 10.1. The van der Waals surface area contributed by atoms with Crippen molar-refractivity contribution < 1.29 is 14.3 Å². The number of carbonyl (C=O) groups is 1. The first-order valence-electron chi connectivity index (χ1n) is 7.63. The lowest BCUT2D eigenvalue weighted by Gasteiger charge is -2.14.